The van der Waals surface area contributed by atoms with Crippen molar-refractivity contribution in [3.05, 3.63) is 130 Å². The molecule has 0 saturated carbocycles. The number of carboxylic acid groups (broad SMARTS) is 1. The number of nitrogens with zero attached hydrogens (tertiary/aromatic N) is 2. The van der Waals surface area contributed by atoms with E-state index in [1.165, 1.54) is 52.8 Å². The smallest absolute Gasteiger partial charge is 0.330 e. The van der Waals surface area contributed by atoms with E-state index in [1.54, 1.807) is 48.7 Å². The minimum absolute atomic E-state index is 0.00591. The Hall–Kier alpha value is -3.76. The number of rotatable bonds is 10. The molecule has 0 aliphatic heterocycles. The Balaban J connectivity index is 1.54. The van der Waals surface area contributed by atoms with Gasteiger partial charge in [0.1, 0.15) is 0 Å². The van der Waals surface area contributed by atoms with Crippen molar-refractivity contribution >= 4 is 45.1 Å². The normalized spacial score (nSPS) is 12.2. The lowest BCUT2D eigenvalue weighted by Crippen LogP contribution is -2.33. The third-order valence-corrected chi connectivity index (χ3v) is 8.13. The quantitative estimate of drug-likeness (QED) is 0.260. The van der Waals surface area contributed by atoms with Gasteiger partial charge in [0.2, 0.25) is 10.0 Å². The Morgan fingerprint density at radius 3 is 2.03 bits per heavy atom. The molecule has 1 heterocycles. The van der Waals surface area contributed by atoms with Crippen LogP contribution in [0.25, 0.3) is 0 Å². The summed E-state index contributed by atoms with van der Waals surface area (Å²) < 4.78 is 28.3. The van der Waals surface area contributed by atoms with Crippen molar-refractivity contribution in [2.24, 2.45) is 0 Å². The summed E-state index contributed by atoms with van der Waals surface area (Å²) in [5.41, 5.74) is 1.77. The van der Waals surface area contributed by atoms with Crippen molar-refractivity contribution < 1.29 is 23.1 Å². The molecule has 1 unspecified atom stereocenters. The van der Waals surface area contributed by atoms with E-state index in [-0.39, 0.29) is 23.5 Å². The minimum Gasteiger partial charge on any atom is -0.479 e. The number of carbonyl (C=O) groups is 2. The second-order valence-corrected chi connectivity index (χ2v) is 11.4. The van der Waals surface area contributed by atoms with Gasteiger partial charge in [-0.1, -0.05) is 53.5 Å². The van der Waals surface area contributed by atoms with Crippen LogP contribution in [0.5, 0.6) is 0 Å². The predicted octanol–water partition coefficient (Wildman–Crippen LogP) is 5.34. The van der Waals surface area contributed by atoms with Crippen molar-refractivity contribution in [3.8, 4) is 0 Å². The van der Waals surface area contributed by atoms with Gasteiger partial charge in [0.05, 0.1) is 17.1 Å². The lowest BCUT2D eigenvalue weighted by molar-refractivity contribution is -0.139. The molecule has 39 heavy (non-hydrogen) atoms. The van der Waals surface area contributed by atoms with Gasteiger partial charge in [0, 0.05) is 28.4 Å². The number of benzene rings is 3. The van der Waals surface area contributed by atoms with Gasteiger partial charge in [-0.2, -0.15) is 4.31 Å². The third-order valence-electron chi connectivity index (χ3n) is 5.82. The number of nitrogens with one attached hydrogen (secondary N) is 1. The molecule has 0 radical (unpaired) electrons. The van der Waals surface area contributed by atoms with Gasteiger partial charge >= 0.3 is 5.97 Å². The maximum absolute atomic E-state index is 13.5. The van der Waals surface area contributed by atoms with E-state index < -0.39 is 27.9 Å². The Morgan fingerprint density at radius 2 is 1.46 bits per heavy atom. The van der Waals surface area contributed by atoms with Gasteiger partial charge in [-0.3, -0.25) is 9.78 Å². The van der Waals surface area contributed by atoms with Gasteiger partial charge in [0.15, 0.2) is 6.04 Å². The summed E-state index contributed by atoms with van der Waals surface area (Å²) in [5, 5.41) is 13.0. The molecule has 4 rings (SSSR count). The Labute approximate surface area is 235 Å². The van der Waals surface area contributed by atoms with Gasteiger partial charge in [-0.15, -0.1) is 0 Å². The summed E-state index contributed by atoms with van der Waals surface area (Å²) in [5.74, 6) is -1.82. The molecule has 0 aliphatic rings. The van der Waals surface area contributed by atoms with Crippen LogP contribution in [0, 0.1) is 0 Å². The number of aromatic nitrogens is 1. The van der Waals surface area contributed by atoms with Crippen LogP contribution in [0.1, 0.15) is 33.2 Å². The van der Waals surface area contributed by atoms with E-state index in [4.69, 9.17) is 23.2 Å². The van der Waals surface area contributed by atoms with E-state index in [0.717, 1.165) is 0 Å². The minimum atomic E-state index is -3.92. The fourth-order valence-electron chi connectivity index (χ4n) is 3.78. The molecule has 0 spiro atoms. The van der Waals surface area contributed by atoms with Crippen LogP contribution in [-0.2, 0) is 27.9 Å². The average molecular weight is 584 g/mol. The van der Waals surface area contributed by atoms with Crippen molar-refractivity contribution in [2.75, 3.05) is 0 Å². The zero-order valence-electron chi connectivity index (χ0n) is 20.4. The molecule has 1 amide bonds. The zero-order chi connectivity index (χ0) is 28.0. The highest BCUT2D eigenvalue weighted by molar-refractivity contribution is 7.89. The van der Waals surface area contributed by atoms with Gasteiger partial charge in [-0.05, 0) is 71.8 Å². The van der Waals surface area contributed by atoms with Gasteiger partial charge in [0.25, 0.3) is 5.91 Å². The van der Waals surface area contributed by atoms with Crippen molar-refractivity contribution in [1.29, 1.82) is 0 Å². The average Bonchev–Trinajstić information content (AvgIpc) is 2.93. The first-order valence-electron chi connectivity index (χ1n) is 11.7. The first kappa shape index (κ1) is 28.3. The number of amides is 1. The summed E-state index contributed by atoms with van der Waals surface area (Å²) in [4.78, 5) is 28.9. The van der Waals surface area contributed by atoms with E-state index in [1.807, 2.05) is 0 Å². The molecule has 1 aromatic heterocycles. The highest BCUT2D eigenvalue weighted by atomic mass is 35.5. The number of carbonyl (C=O) groups excluding carboxylic acids is 1. The maximum Gasteiger partial charge on any atom is 0.330 e. The molecule has 4 aromatic rings. The topological polar surface area (TPSA) is 117 Å². The summed E-state index contributed by atoms with van der Waals surface area (Å²) in [6.45, 7) is 0.0291. The van der Waals surface area contributed by atoms with Crippen molar-refractivity contribution in [2.45, 2.75) is 24.0 Å². The Kier molecular flexibility index (Phi) is 8.98. The zero-order valence-corrected chi connectivity index (χ0v) is 22.7. The number of carboxylic acids is 1. The number of pyridine rings is 1. The van der Waals surface area contributed by atoms with Crippen LogP contribution in [0.15, 0.2) is 102 Å². The number of aliphatic carboxylic acids is 1. The van der Waals surface area contributed by atoms with Crippen LogP contribution < -0.4 is 5.32 Å². The highest BCUT2D eigenvalue weighted by Gasteiger charge is 2.26. The molecule has 1 atom stereocenters. The van der Waals surface area contributed by atoms with Crippen LogP contribution in [-0.4, -0.2) is 34.7 Å². The maximum atomic E-state index is 13.5. The monoisotopic (exact) mass is 583 g/mol. The van der Waals surface area contributed by atoms with Crippen LogP contribution in [0.2, 0.25) is 10.0 Å². The summed E-state index contributed by atoms with van der Waals surface area (Å²) in [6.07, 6.45) is 1.59. The van der Waals surface area contributed by atoms with Crippen LogP contribution in [0.4, 0.5) is 0 Å². The second-order valence-electron chi connectivity index (χ2n) is 8.54. The SMILES string of the molecule is O=C(NC(C(=O)O)c1ccc(Cl)cc1)c1ccc(CN(Cc2ccccn2)S(=O)(=O)c2ccc(Cl)cc2)cc1. The van der Waals surface area contributed by atoms with Gasteiger partial charge < -0.3 is 10.4 Å². The van der Waals surface area contributed by atoms with E-state index in [0.29, 0.717) is 26.9 Å². The van der Waals surface area contributed by atoms with Crippen molar-refractivity contribution in [3.63, 3.8) is 0 Å². The molecule has 3 aromatic carbocycles. The number of hydrogen-bond donors (Lipinski definition) is 2. The fourth-order valence-corrected chi connectivity index (χ4v) is 5.43. The standard InChI is InChI=1S/C28H23Cl2N3O5S/c29-22-10-8-20(9-11-22)26(28(35)36)32-27(34)21-6-4-19(5-7-21)17-33(18-24-3-1-2-16-31-24)39(37,38)25-14-12-23(30)13-15-25/h1-16,26H,17-18H2,(H,32,34)(H,35,36). The lowest BCUT2D eigenvalue weighted by atomic mass is 10.1. The highest BCUT2D eigenvalue weighted by Crippen LogP contribution is 2.23. The fraction of sp³-hybridized carbons (Fsp3) is 0.107. The van der Waals surface area contributed by atoms with Crippen LogP contribution >= 0.6 is 23.2 Å². The van der Waals surface area contributed by atoms with E-state index >= 15 is 0 Å². The number of halogens is 2. The second kappa shape index (κ2) is 12.4. The molecule has 11 heteroatoms. The molecule has 200 valence electrons. The first-order valence-corrected chi connectivity index (χ1v) is 13.9. The molecule has 0 aliphatic carbocycles. The molecular weight excluding hydrogens is 561 g/mol. The number of sulfonamides is 1. The molecule has 0 bridgehead atoms. The summed E-state index contributed by atoms with van der Waals surface area (Å²) in [6, 6.07) is 22.3. The predicted molar refractivity (Wildman–Crippen MR) is 148 cm³/mol. The summed E-state index contributed by atoms with van der Waals surface area (Å²) in [7, 11) is -3.92. The number of hydrogen-bond acceptors (Lipinski definition) is 5. The summed E-state index contributed by atoms with van der Waals surface area (Å²) >= 11 is 11.8. The van der Waals surface area contributed by atoms with Gasteiger partial charge in [-0.25, -0.2) is 13.2 Å². The third kappa shape index (κ3) is 7.21. The lowest BCUT2D eigenvalue weighted by Gasteiger charge is -2.22. The molecule has 0 saturated heterocycles. The Morgan fingerprint density at radius 1 is 0.846 bits per heavy atom. The largest absolute Gasteiger partial charge is 0.479 e. The molecule has 8 nitrogen and oxygen atoms in total. The van der Waals surface area contributed by atoms with Crippen molar-refractivity contribution in [1.82, 2.24) is 14.6 Å². The molecular formula is C28H23Cl2N3O5S. The van der Waals surface area contributed by atoms with Crippen LogP contribution in [0.3, 0.4) is 0 Å². The Bertz CT molecular complexity index is 1550. The van der Waals surface area contributed by atoms with E-state index in [9.17, 15) is 23.1 Å². The molecule has 0 fully saturated rings. The van der Waals surface area contributed by atoms with E-state index in [2.05, 4.69) is 10.3 Å². The molecule has 2 N–H and O–H groups in total. The first-order chi connectivity index (χ1) is 18.6.